The van der Waals surface area contributed by atoms with Crippen LogP contribution in [0.15, 0.2) is 0 Å². The molecule has 0 aliphatic rings. The maximum atomic E-state index is 4.38. The summed E-state index contributed by atoms with van der Waals surface area (Å²) in [5.41, 5.74) is -0.0917. The highest BCUT2D eigenvalue weighted by Crippen LogP contribution is 2.15. The Labute approximate surface area is 115 Å². The van der Waals surface area contributed by atoms with E-state index in [0.717, 1.165) is 0 Å². The van der Waals surface area contributed by atoms with Crippen LogP contribution in [-0.4, -0.2) is 32.6 Å². The van der Waals surface area contributed by atoms with E-state index in [1.807, 2.05) is 0 Å². The molecule has 0 atom stereocenters. The van der Waals surface area contributed by atoms with Crippen LogP contribution in [0.4, 0.5) is 17.8 Å². The molecular weight excluding hydrogens is 240 g/mol. The van der Waals surface area contributed by atoms with E-state index in [0.29, 0.717) is 17.8 Å². The second-order valence-corrected chi connectivity index (χ2v) is 6.28. The lowest BCUT2D eigenvalue weighted by atomic mass is 10.1. The van der Waals surface area contributed by atoms with Crippen molar-refractivity contribution in [2.45, 2.75) is 66.1 Å². The van der Waals surface area contributed by atoms with Crippen LogP contribution >= 0.6 is 0 Å². The summed E-state index contributed by atoms with van der Waals surface area (Å²) in [4.78, 5) is 13.1. The molecule has 0 saturated heterocycles. The zero-order valence-corrected chi connectivity index (χ0v) is 13.0. The Bertz CT molecular complexity index is 380. The van der Waals surface area contributed by atoms with E-state index in [2.05, 4.69) is 79.4 Å². The average Bonchev–Trinajstić information content (AvgIpc) is 2.10. The molecule has 1 aromatic rings. The van der Waals surface area contributed by atoms with Gasteiger partial charge in [-0.3, -0.25) is 0 Å². The second kappa shape index (κ2) is 6.04. The van der Waals surface area contributed by atoms with Crippen LogP contribution in [0.2, 0.25) is 0 Å². The highest BCUT2D eigenvalue weighted by Gasteiger charge is 2.14. The Morgan fingerprint density at radius 1 is 0.737 bits per heavy atom. The van der Waals surface area contributed by atoms with Crippen molar-refractivity contribution >= 4 is 17.8 Å². The van der Waals surface area contributed by atoms with Gasteiger partial charge in [0.2, 0.25) is 17.8 Å². The summed E-state index contributed by atoms with van der Waals surface area (Å²) in [6.07, 6.45) is 0. The highest BCUT2D eigenvalue weighted by atomic mass is 15.3. The van der Waals surface area contributed by atoms with Crippen LogP contribution in [0.1, 0.15) is 48.5 Å². The summed E-state index contributed by atoms with van der Waals surface area (Å²) in [6, 6.07) is 0.550. The van der Waals surface area contributed by atoms with Crippen molar-refractivity contribution in [1.29, 1.82) is 0 Å². The fraction of sp³-hybridized carbons (Fsp3) is 0.769. The third-order valence-electron chi connectivity index (χ3n) is 1.96. The van der Waals surface area contributed by atoms with Gasteiger partial charge in [-0.2, -0.15) is 15.0 Å². The Kier molecular flexibility index (Phi) is 4.91. The summed E-state index contributed by atoms with van der Waals surface area (Å²) in [7, 11) is 0. The van der Waals surface area contributed by atoms with Gasteiger partial charge in [-0.05, 0) is 48.5 Å². The molecule has 1 aromatic heterocycles. The molecule has 0 saturated carbocycles. The van der Waals surface area contributed by atoms with Crippen molar-refractivity contribution < 1.29 is 0 Å². The van der Waals surface area contributed by atoms with Crippen molar-refractivity contribution in [2.24, 2.45) is 0 Å². The molecule has 1 heterocycles. The molecule has 3 N–H and O–H groups in total. The fourth-order valence-electron chi connectivity index (χ4n) is 1.41. The highest BCUT2D eigenvalue weighted by molar-refractivity contribution is 5.43. The Hall–Kier alpha value is -1.59. The minimum Gasteiger partial charge on any atom is -0.352 e. The first-order valence-electron chi connectivity index (χ1n) is 6.73. The zero-order valence-electron chi connectivity index (χ0n) is 13.0. The van der Waals surface area contributed by atoms with Crippen LogP contribution in [0.25, 0.3) is 0 Å². The molecule has 0 radical (unpaired) electrons. The zero-order chi connectivity index (χ0) is 14.6. The summed E-state index contributed by atoms with van der Waals surface area (Å²) in [5.74, 6) is 1.74. The van der Waals surface area contributed by atoms with Crippen LogP contribution in [0.5, 0.6) is 0 Å². The Morgan fingerprint density at radius 3 is 1.42 bits per heavy atom. The molecule has 0 fully saturated rings. The lowest BCUT2D eigenvalue weighted by Gasteiger charge is -2.21. The maximum Gasteiger partial charge on any atom is 0.229 e. The van der Waals surface area contributed by atoms with Gasteiger partial charge < -0.3 is 16.0 Å². The van der Waals surface area contributed by atoms with Gasteiger partial charge in [0.05, 0.1) is 0 Å². The molecule has 19 heavy (non-hydrogen) atoms. The molecule has 0 spiro atoms. The van der Waals surface area contributed by atoms with Crippen LogP contribution < -0.4 is 16.0 Å². The van der Waals surface area contributed by atoms with Crippen molar-refractivity contribution in [1.82, 2.24) is 15.0 Å². The van der Waals surface area contributed by atoms with Gasteiger partial charge in [0.15, 0.2) is 0 Å². The summed E-state index contributed by atoms with van der Waals surface area (Å²) in [6.45, 7) is 14.4. The van der Waals surface area contributed by atoms with Crippen molar-refractivity contribution in [3.05, 3.63) is 0 Å². The molecule has 0 bridgehead atoms. The molecule has 0 aromatic carbocycles. The normalized spacial score (nSPS) is 11.8. The minimum absolute atomic E-state index is 0.0917. The monoisotopic (exact) mass is 266 g/mol. The molecule has 6 heteroatoms. The molecule has 0 unspecified atom stereocenters. The second-order valence-electron chi connectivity index (χ2n) is 6.28. The van der Waals surface area contributed by atoms with E-state index in [-0.39, 0.29) is 17.6 Å². The molecule has 1 rings (SSSR count). The van der Waals surface area contributed by atoms with E-state index < -0.39 is 0 Å². The van der Waals surface area contributed by atoms with Crippen molar-refractivity contribution in [3.63, 3.8) is 0 Å². The number of rotatable bonds is 5. The van der Waals surface area contributed by atoms with E-state index in [4.69, 9.17) is 0 Å². The number of anilines is 3. The largest absolute Gasteiger partial charge is 0.352 e. The summed E-state index contributed by atoms with van der Waals surface area (Å²) < 4.78 is 0. The smallest absolute Gasteiger partial charge is 0.229 e. The van der Waals surface area contributed by atoms with Crippen molar-refractivity contribution in [2.75, 3.05) is 16.0 Å². The molecule has 0 aliphatic carbocycles. The molecule has 0 aliphatic heterocycles. The number of nitrogens with one attached hydrogen (secondary N) is 3. The number of hydrogen-bond acceptors (Lipinski definition) is 6. The summed E-state index contributed by atoms with van der Waals surface area (Å²) in [5, 5.41) is 9.67. The predicted octanol–water partition coefficient (Wildman–Crippen LogP) is 2.72. The van der Waals surface area contributed by atoms with Gasteiger partial charge in [0, 0.05) is 17.6 Å². The third kappa shape index (κ3) is 6.22. The van der Waals surface area contributed by atoms with E-state index >= 15 is 0 Å². The third-order valence-corrected chi connectivity index (χ3v) is 1.96. The molecule has 0 amide bonds. The quantitative estimate of drug-likeness (QED) is 0.761. The number of nitrogens with zero attached hydrogens (tertiary/aromatic N) is 3. The Balaban J connectivity index is 3.01. The first-order valence-corrected chi connectivity index (χ1v) is 6.73. The predicted molar refractivity (Wildman–Crippen MR) is 80.7 cm³/mol. The first-order chi connectivity index (χ1) is 8.65. The topological polar surface area (TPSA) is 74.8 Å². The fourth-order valence-corrected chi connectivity index (χ4v) is 1.41. The van der Waals surface area contributed by atoms with Gasteiger partial charge in [-0.15, -0.1) is 0 Å². The van der Waals surface area contributed by atoms with E-state index in [1.54, 1.807) is 0 Å². The number of hydrogen-bond donors (Lipinski definition) is 3. The van der Waals surface area contributed by atoms with E-state index in [1.165, 1.54) is 0 Å². The number of aromatic nitrogens is 3. The van der Waals surface area contributed by atoms with Gasteiger partial charge in [-0.25, -0.2) is 0 Å². The van der Waals surface area contributed by atoms with E-state index in [9.17, 15) is 0 Å². The summed E-state index contributed by atoms with van der Waals surface area (Å²) >= 11 is 0. The van der Waals surface area contributed by atoms with Gasteiger partial charge in [0.25, 0.3) is 0 Å². The molecular formula is C13H26N6. The Morgan fingerprint density at radius 2 is 1.11 bits per heavy atom. The van der Waals surface area contributed by atoms with Crippen LogP contribution in [0.3, 0.4) is 0 Å². The van der Waals surface area contributed by atoms with Crippen molar-refractivity contribution in [3.8, 4) is 0 Å². The lowest BCUT2D eigenvalue weighted by molar-refractivity contribution is 0.625. The molecule has 108 valence electrons. The van der Waals surface area contributed by atoms with Crippen LogP contribution in [0, 0.1) is 0 Å². The molecule has 6 nitrogen and oxygen atoms in total. The van der Waals surface area contributed by atoms with Gasteiger partial charge in [0.1, 0.15) is 0 Å². The standard InChI is InChI=1S/C13H26N6/c1-8(2)14-10-16-11(15-9(3)4)18-12(17-10)19-13(5,6)7/h8-9H,1-7H3,(H3,14,15,16,17,18,19). The van der Waals surface area contributed by atoms with Gasteiger partial charge >= 0.3 is 0 Å². The maximum absolute atomic E-state index is 4.38. The minimum atomic E-state index is -0.0917. The average molecular weight is 266 g/mol. The first kappa shape index (κ1) is 15.5. The lowest BCUT2D eigenvalue weighted by Crippen LogP contribution is -2.28. The van der Waals surface area contributed by atoms with Gasteiger partial charge in [-0.1, -0.05) is 0 Å². The SMILES string of the molecule is CC(C)Nc1nc(NC(C)C)nc(NC(C)(C)C)n1. The van der Waals surface area contributed by atoms with Crippen LogP contribution in [-0.2, 0) is 0 Å².